The number of aromatic nitrogens is 6. The van der Waals surface area contributed by atoms with Crippen LogP contribution in [0.3, 0.4) is 0 Å². The van der Waals surface area contributed by atoms with Crippen LogP contribution in [0.1, 0.15) is 0 Å². The van der Waals surface area contributed by atoms with Gasteiger partial charge in [-0.15, -0.1) is 15.0 Å². The van der Waals surface area contributed by atoms with E-state index in [2.05, 4.69) is 20.4 Å². The van der Waals surface area contributed by atoms with Crippen LogP contribution in [0.25, 0.3) is 17.2 Å². The molecule has 0 aliphatic rings. The number of halogens is 1. The van der Waals surface area contributed by atoms with Gasteiger partial charge in [0.25, 0.3) is 5.82 Å². The van der Waals surface area contributed by atoms with E-state index < -0.39 is 4.92 Å². The van der Waals surface area contributed by atoms with Crippen molar-refractivity contribution in [2.45, 2.75) is 0 Å². The third-order valence-corrected chi connectivity index (χ3v) is 2.98. The Hall–Kier alpha value is -2.81. The Morgan fingerprint density at radius 3 is 2.90 bits per heavy atom. The molecule has 0 atom stereocenters. The number of aryl methyl sites for hydroxylation is 1. The van der Waals surface area contributed by atoms with Crippen molar-refractivity contribution in [1.82, 2.24) is 29.8 Å². The van der Waals surface area contributed by atoms with E-state index in [1.807, 2.05) is 0 Å². The average Bonchev–Trinajstić information content (AvgIpc) is 3.04. The van der Waals surface area contributed by atoms with Gasteiger partial charge in [-0.05, 0) is 27.3 Å². The van der Waals surface area contributed by atoms with Crippen molar-refractivity contribution < 1.29 is 4.92 Å². The Morgan fingerprint density at radius 1 is 1.38 bits per heavy atom. The van der Waals surface area contributed by atoms with E-state index in [4.69, 9.17) is 11.6 Å². The third kappa shape index (κ3) is 2.34. The fourth-order valence-corrected chi connectivity index (χ4v) is 2.01. The molecule has 1 aromatic carbocycles. The largest absolute Gasteiger partial charge is 0.410 e. The normalized spacial score (nSPS) is 10.8. The molecule has 21 heavy (non-hydrogen) atoms. The van der Waals surface area contributed by atoms with Gasteiger partial charge in [-0.1, -0.05) is 23.7 Å². The summed E-state index contributed by atoms with van der Waals surface area (Å²) in [5.41, 5.74) is 0.665. The van der Waals surface area contributed by atoms with Crippen LogP contribution in [0, 0.1) is 10.1 Å². The number of hydrogen-bond acceptors (Lipinski definition) is 6. The lowest BCUT2D eigenvalue weighted by molar-refractivity contribution is -0.389. The molecule has 0 radical (unpaired) electrons. The van der Waals surface area contributed by atoms with Crippen LogP contribution in [0.5, 0.6) is 0 Å². The van der Waals surface area contributed by atoms with Crippen molar-refractivity contribution in [1.29, 1.82) is 0 Å². The van der Waals surface area contributed by atoms with Crippen molar-refractivity contribution in [2.75, 3.05) is 0 Å². The SMILES string of the molecule is Cn1cnc([N+](=O)[O-])c1-n1nnc(-c2cccc(Cl)c2)n1. The molecule has 3 rings (SSSR count). The smallest absolute Gasteiger partial charge is 0.358 e. The van der Waals surface area contributed by atoms with Crippen molar-refractivity contribution in [2.24, 2.45) is 7.05 Å². The summed E-state index contributed by atoms with van der Waals surface area (Å²) in [6.07, 6.45) is 1.32. The van der Waals surface area contributed by atoms with Crippen LogP contribution in [0.15, 0.2) is 30.6 Å². The summed E-state index contributed by atoms with van der Waals surface area (Å²) in [7, 11) is 1.61. The molecule has 10 heteroatoms. The highest BCUT2D eigenvalue weighted by atomic mass is 35.5. The van der Waals surface area contributed by atoms with Gasteiger partial charge < -0.3 is 10.1 Å². The molecular weight excluding hydrogens is 298 g/mol. The first kappa shape index (κ1) is 13.2. The first-order valence-corrected chi connectivity index (χ1v) is 6.16. The second kappa shape index (κ2) is 4.94. The molecule has 0 saturated heterocycles. The van der Waals surface area contributed by atoms with Gasteiger partial charge in [0.1, 0.15) is 0 Å². The lowest BCUT2D eigenvalue weighted by Gasteiger charge is -1.98. The molecule has 2 aromatic heterocycles. The zero-order chi connectivity index (χ0) is 15.0. The van der Waals surface area contributed by atoms with E-state index >= 15 is 0 Å². The molecule has 0 unspecified atom stereocenters. The minimum atomic E-state index is -0.599. The standard InChI is InChI=1S/C11H8ClN7O2/c1-17-6-13-10(19(20)21)11(17)18-15-9(14-16-18)7-3-2-4-8(12)5-7/h2-6H,1H3. The summed E-state index contributed by atoms with van der Waals surface area (Å²) in [6, 6.07) is 6.93. The van der Waals surface area contributed by atoms with E-state index in [-0.39, 0.29) is 11.6 Å². The maximum absolute atomic E-state index is 11.0. The molecule has 0 bridgehead atoms. The first-order chi connectivity index (χ1) is 10.1. The van der Waals surface area contributed by atoms with Crippen LogP contribution >= 0.6 is 11.6 Å². The predicted octanol–water partition coefficient (Wildman–Crippen LogP) is 1.62. The Kier molecular flexibility index (Phi) is 3.10. The maximum Gasteiger partial charge on any atom is 0.410 e. The predicted molar refractivity (Wildman–Crippen MR) is 73.0 cm³/mol. The second-order valence-electron chi connectivity index (χ2n) is 4.17. The number of imidazole rings is 1. The number of nitrogens with zero attached hydrogens (tertiary/aromatic N) is 7. The summed E-state index contributed by atoms with van der Waals surface area (Å²) in [4.78, 5) is 15.1. The summed E-state index contributed by atoms with van der Waals surface area (Å²) < 4.78 is 1.45. The molecule has 106 valence electrons. The van der Waals surface area contributed by atoms with E-state index in [0.29, 0.717) is 16.4 Å². The Morgan fingerprint density at radius 2 is 2.19 bits per heavy atom. The number of nitro groups is 1. The molecule has 0 spiro atoms. The Balaban J connectivity index is 2.07. The summed E-state index contributed by atoms with van der Waals surface area (Å²) >= 11 is 5.91. The second-order valence-corrected chi connectivity index (χ2v) is 4.61. The quantitative estimate of drug-likeness (QED) is 0.538. The van der Waals surface area contributed by atoms with Crippen molar-refractivity contribution in [3.05, 3.63) is 45.7 Å². The fraction of sp³-hybridized carbons (Fsp3) is 0.0909. The third-order valence-electron chi connectivity index (χ3n) is 2.75. The zero-order valence-electron chi connectivity index (χ0n) is 10.7. The van der Waals surface area contributed by atoms with Crippen LogP contribution in [0.4, 0.5) is 5.82 Å². The molecule has 2 heterocycles. The minimum absolute atomic E-state index is 0.126. The molecule has 0 fully saturated rings. The molecule has 0 N–H and O–H groups in total. The summed E-state index contributed by atoms with van der Waals surface area (Å²) in [5.74, 6) is 0.0984. The van der Waals surface area contributed by atoms with Crippen molar-refractivity contribution in [3.8, 4) is 17.2 Å². The van der Waals surface area contributed by atoms with Crippen molar-refractivity contribution >= 4 is 17.4 Å². The zero-order valence-corrected chi connectivity index (χ0v) is 11.5. The lowest BCUT2D eigenvalue weighted by atomic mass is 10.2. The molecule has 0 aliphatic carbocycles. The van der Waals surface area contributed by atoms with Crippen LogP contribution in [-0.2, 0) is 7.05 Å². The molecule has 0 aliphatic heterocycles. The van der Waals surface area contributed by atoms with Gasteiger partial charge in [0.05, 0.1) is 0 Å². The molecular formula is C11H8ClN7O2. The highest BCUT2D eigenvalue weighted by molar-refractivity contribution is 6.30. The van der Waals surface area contributed by atoms with Gasteiger partial charge in [-0.25, -0.2) is 0 Å². The minimum Gasteiger partial charge on any atom is -0.358 e. The van der Waals surface area contributed by atoms with Gasteiger partial charge in [0.2, 0.25) is 12.2 Å². The van der Waals surface area contributed by atoms with E-state index in [1.165, 1.54) is 10.9 Å². The van der Waals surface area contributed by atoms with Gasteiger partial charge in [-0.3, -0.25) is 4.57 Å². The Bertz CT molecular complexity index is 826. The topological polar surface area (TPSA) is 105 Å². The summed E-state index contributed by atoms with van der Waals surface area (Å²) in [6.45, 7) is 0. The number of benzene rings is 1. The average molecular weight is 306 g/mol. The van der Waals surface area contributed by atoms with Gasteiger partial charge >= 0.3 is 5.82 Å². The van der Waals surface area contributed by atoms with Gasteiger partial charge in [-0.2, -0.15) is 0 Å². The molecule has 0 amide bonds. The van der Waals surface area contributed by atoms with Gasteiger partial charge in [0.15, 0.2) is 0 Å². The molecule has 0 saturated carbocycles. The molecule has 3 aromatic rings. The van der Waals surface area contributed by atoms with Crippen molar-refractivity contribution in [3.63, 3.8) is 0 Å². The molecule has 9 nitrogen and oxygen atoms in total. The monoisotopic (exact) mass is 305 g/mol. The van der Waals surface area contributed by atoms with E-state index in [0.717, 1.165) is 4.80 Å². The first-order valence-electron chi connectivity index (χ1n) is 5.78. The number of rotatable bonds is 3. The fourth-order valence-electron chi connectivity index (χ4n) is 1.82. The number of hydrogen-bond donors (Lipinski definition) is 0. The van der Waals surface area contributed by atoms with Gasteiger partial charge in [0, 0.05) is 17.6 Å². The maximum atomic E-state index is 11.0. The van der Waals surface area contributed by atoms with E-state index in [9.17, 15) is 10.1 Å². The summed E-state index contributed by atoms with van der Waals surface area (Å²) in [5, 5.41) is 23.3. The van der Waals surface area contributed by atoms with Crippen LogP contribution in [0.2, 0.25) is 5.02 Å². The Labute approximate surface area is 122 Å². The van der Waals surface area contributed by atoms with Crippen LogP contribution < -0.4 is 0 Å². The lowest BCUT2D eigenvalue weighted by Crippen LogP contribution is -2.07. The highest BCUT2D eigenvalue weighted by Crippen LogP contribution is 2.21. The highest BCUT2D eigenvalue weighted by Gasteiger charge is 2.24. The van der Waals surface area contributed by atoms with Crippen LogP contribution in [-0.4, -0.2) is 34.7 Å². The number of tetrazole rings is 1. The van der Waals surface area contributed by atoms with E-state index in [1.54, 1.807) is 31.3 Å².